The lowest BCUT2D eigenvalue weighted by Gasteiger charge is -2.03. The molecule has 0 aliphatic heterocycles. The monoisotopic (exact) mass is 240 g/mol. The van der Waals surface area contributed by atoms with Crippen molar-refractivity contribution in [1.82, 2.24) is 15.1 Å². The molecule has 0 radical (unpaired) electrons. The summed E-state index contributed by atoms with van der Waals surface area (Å²) < 4.78 is 1.68. The Hall–Kier alpha value is -1.05. The van der Waals surface area contributed by atoms with Crippen molar-refractivity contribution in [1.29, 1.82) is 5.26 Å². The molecule has 1 rings (SSSR count). The van der Waals surface area contributed by atoms with Gasteiger partial charge in [0.05, 0.1) is 11.8 Å². The van der Waals surface area contributed by atoms with Gasteiger partial charge in [-0.1, -0.05) is 11.6 Å². The number of halogens is 1. The van der Waals surface area contributed by atoms with Crippen molar-refractivity contribution in [2.75, 3.05) is 6.54 Å². The van der Waals surface area contributed by atoms with Crippen LogP contribution in [0.3, 0.4) is 0 Å². The van der Waals surface area contributed by atoms with Crippen molar-refractivity contribution in [3.8, 4) is 6.07 Å². The van der Waals surface area contributed by atoms with Crippen molar-refractivity contribution in [2.24, 2.45) is 7.05 Å². The molecule has 0 aromatic carbocycles. The van der Waals surface area contributed by atoms with Crippen LogP contribution in [0.1, 0.15) is 30.5 Å². The predicted octanol–water partition coefficient (Wildman–Crippen LogP) is 2.17. The molecule has 4 nitrogen and oxygen atoms in total. The molecule has 0 saturated carbocycles. The van der Waals surface area contributed by atoms with Crippen LogP contribution in [-0.2, 0) is 13.6 Å². The van der Waals surface area contributed by atoms with Gasteiger partial charge in [0.25, 0.3) is 0 Å². The molecule has 0 aliphatic carbocycles. The number of nitriles is 1. The molecule has 16 heavy (non-hydrogen) atoms. The Morgan fingerprint density at radius 3 is 2.81 bits per heavy atom. The molecule has 1 aromatic rings. The fraction of sp³-hybridized carbons (Fsp3) is 0.636. The average molecular weight is 241 g/mol. The molecule has 1 N–H and O–H groups in total. The molecule has 0 aliphatic rings. The molecular weight excluding hydrogens is 224 g/mol. The Morgan fingerprint density at radius 1 is 1.50 bits per heavy atom. The van der Waals surface area contributed by atoms with E-state index in [2.05, 4.69) is 16.5 Å². The largest absolute Gasteiger partial charge is 0.312 e. The van der Waals surface area contributed by atoms with Crippen molar-refractivity contribution >= 4 is 11.6 Å². The number of rotatable bonds is 6. The lowest BCUT2D eigenvalue weighted by atomic mass is 10.2. The fourth-order valence-corrected chi connectivity index (χ4v) is 1.78. The minimum absolute atomic E-state index is 0.633. The first-order chi connectivity index (χ1) is 7.66. The topological polar surface area (TPSA) is 53.6 Å². The van der Waals surface area contributed by atoms with E-state index in [-0.39, 0.29) is 0 Å². The van der Waals surface area contributed by atoms with Gasteiger partial charge in [-0.2, -0.15) is 10.4 Å². The maximum Gasteiger partial charge on any atom is 0.131 e. The van der Waals surface area contributed by atoms with Gasteiger partial charge in [-0.25, -0.2) is 0 Å². The third-order valence-corrected chi connectivity index (χ3v) is 2.94. The standard InChI is InChI=1S/C11H17ClN4/c1-9-10(11(12)16(2)15-9)8-14-7-5-3-4-6-13/h14H,3-5,7-8H2,1-2H3. The van der Waals surface area contributed by atoms with Crippen molar-refractivity contribution < 1.29 is 0 Å². The van der Waals surface area contributed by atoms with Crippen LogP contribution in [0.15, 0.2) is 0 Å². The highest BCUT2D eigenvalue weighted by Gasteiger charge is 2.09. The van der Waals surface area contributed by atoms with Crippen LogP contribution in [-0.4, -0.2) is 16.3 Å². The normalized spacial score (nSPS) is 10.4. The zero-order chi connectivity index (χ0) is 12.0. The zero-order valence-corrected chi connectivity index (χ0v) is 10.5. The van der Waals surface area contributed by atoms with Crippen LogP contribution in [0.2, 0.25) is 5.15 Å². The molecule has 0 atom stereocenters. The van der Waals surface area contributed by atoms with Gasteiger partial charge in [0, 0.05) is 25.6 Å². The van der Waals surface area contributed by atoms with Crippen molar-refractivity contribution in [2.45, 2.75) is 32.7 Å². The van der Waals surface area contributed by atoms with E-state index in [9.17, 15) is 0 Å². The molecule has 0 spiro atoms. The second-order valence-corrected chi connectivity index (χ2v) is 4.13. The summed E-state index contributed by atoms with van der Waals surface area (Å²) in [5, 5.41) is 16.6. The maximum atomic E-state index is 8.38. The number of unbranched alkanes of at least 4 members (excludes halogenated alkanes) is 2. The molecular formula is C11H17ClN4. The Labute approximate surface area is 101 Å². The number of aryl methyl sites for hydroxylation is 2. The number of nitrogens with one attached hydrogen (secondary N) is 1. The molecule has 5 heteroatoms. The van der Waals surface area contributed by atoms with Crippen LogP contribution in [0, 0.1) is 18.3 Å². The number of hydrogen-bond donors (Lipinski definition) is 1. The Balaban J connectivity index is 2.30. The summed E-state index contributed by atoms with van der Waals surface area (Å²) in [6, 6.07) is 2.14. The Bertz CT molecular complexity index is 378. The third kappa shape index (κ3) is 3.51. The lowest BCUT2D eigenvalue weighted by Crippen LogP contribution is -2.15. The highest BCUT2D eigenvalue weighted by Crippen LogP contribution is 2.17. The lowest BCUT2D eigenvalue weighted by molar-refractivity contribution is 0.627. The highest BCUT2D eigenvalue weighted by atomic mass is 35.5. The molecule has 88 valence electrons. The molecule has 1 aromatic heterocycles. The minimum atomic E-state index is 0.633. The van der Waals surface area contributed by atoms with Gasteiger partial charge in [0.15, 0.2) is 0 Å². The average Bonchev–Trinajstić information content (AvgIpc) is 2.49. The molecule has 1 heterocycles. The Kier molecular flexibility index (Phi) is 5.30. The highest BCUT2D eigenvalue weighted by molar-refractivity contribution is 6.30. The fourth-order valence-electron chi connectivity index (χ4n) is 1.54. The van der Waals surface area contributed by atoms with Gasteiger partial charge in [0.2, 0.25) is 0 Å². The molecule has 0 bridgehead atoms. The first kappa shape index (κ1) is 13.0. The van der Waals surface area contributed by atoms with E-state index in [4.69, 9.17) is 16.9 Å². The number of nitrogens with zero attached hydrogens (tertiary/aromatic N) is 3. The van der Waals surface area contributed by atoms with Gasteiger partial charge >= 0.3 is 0 Å². The number of hydrogen-bond acceptors (Lipinski definition) is 3. The summed E-state index contributed by atoms with van der Waals surface area (Å²) in [5.41, 5.74) is 2.03. The molecule has 0 unspecified atom stereocenters. The van der Waals surface area contributed by atoms with E-state index in [0.717, 1.165) is 37.2 Å². The van der Waals surface area contributed by atoms with E-state index < -0.39 is 0 Å². The summed E-state index contributed by atoms with van der Waals surface area (Å²) in [6.45, 7) is 3.61. The third-order valence-electron chi connectivity index (χ3n) is 2.46. The Morgan fingerprint density at radius 2 is 2.25 bits per heavy atom. The SMILES string of the molecule is Cc1nn(C)c(Cl)c1CNCCCCC#N. The summed E-state index contributed by atoms with van der Waals surface area (Å²) in [7, 11) is 1.84. The van der Waals surface area contributed by atoms with Gasteiger partial charge in [-0.05, 0) is 26.3 Å². The number of aromatic nitrogens is 2. The van der Waals surface area contributed by atoms with E-state index in [1.807, 2.05) is 14.0 Å². The van der Waals surface area contributed by atoms with E-state index in [0.29, 0.717) is 11.6 Å². The molecule has 0 saturated heterocycles. The van der Waals surface area contributed by atoms with Crippen LogP contribution in [0.4, 0.5) is 0 Å². The first-order valence-corrected chi connectivity index (χ1v) is 5.80. The van der Waals surface area contributed by atoms with Crippen LogP contribution in [0.25, 0.3) is 0 Å². The summed E-state index contributed by atoms with van der Waals surface area (Å²) in [5.74, 6) is 0. The van der Waals surface area contributed by atoms with Gasteiger partial charge in [-0.3, -0.25) is 4.68 Å². The smallest absolute Gasteiger partial charge is 0.131 e. The van der Waals surface area contributed by atoms with Crippen LogP contribution >= 0.6 is 11.6 Å². The summed E-state index contributed by atoms with van der Waals surface area (Å²) >= 11 is 6.09. The molecule has 0 amide bonds. The quantitative estimate of drug-likeness (QED) is 0.776. The van der Waals surface area contributed by atoms with Crippen molar-refractivity contribution in [3.05, 3.63) is 16.4 Å². The van der Waals surface area contributed by atoms with Gasteiger partial charge in [0.1, 0.15) is 5.15 Å². The predicted molar refractivity (Wildman–Crippen MR) is 64.1 cm³/mol. The maximum absolute atomic E-state index is 8.38. The minimum Gasteiger partial charge on any atom is -0.312 e. The van der Waals surface area contributed by atoms with E-state index in [1.165, 1.54) is 0 Å². The molecule has 0 fully saturated rings. The van der Waals surface area contributed by atoms with E-state index >= 15 is 0 Å². The van der Waals surface area contributed by atoms with E-state index in [1.54, 1.807) is 4.68 Å². The first-order valence-electron chi connectivity index (χ1n) is 5.42. The van der Waals surface area contributed by atoms with Gasteiger partial charge in [-0.15, -0.1) is 0 Å². The second-order valence-electron chi connectivity index (χ2n) is 3.77. The van der Waals surface area contributed by atoms with Crippen LogP contribution in [0.5, 0.6) is 0 Å². The van der Waals surface area contributed by atoms with Crippen LogP contribution < -0.4 is 5.32 Å². The second kappa shape index (κ2) is 6.51. The van der Waals surface area contributed by atoms with Gasteiger partial charge < -0.3 is 5.32 Å². The zero-order valence-electron chi connectivity index (χ0n) is 9.76. The van der Waals surface area contributed by atoms with Crippen molar-refractivity contribution in [3.63, 3.8) is 0 Å². The summed E-state index contributed by atoms with van der Waals surface area (Å²) in [6.07, 6.45) is 2.60. The summed E-state index contributed by atoms with van der Waals surface area (Å²) in [4.78, 5) is 0.